The summed E-state index contributed by atoms with van der Waals surface area (Å²) in [6.45, 7) is 13.6. The summed E-state index contributed by atoms with van der Waals surface area (Å²) >= 11 is 0. The van der Waals surface area contributed by atoms with Crippen molar-refractivity contribution < 1.29 is 5.11 Å². The van der Waals surface area contributed by atoms with E-state index < -0.39 is 0 Å². The first-order valence-corrected chi connectivity index (χ1v) is 20.0. The van der Waals surface area contributed by atoms with E-state index in [1.54, 1.807) is 6.07 Å². The molecule has 0 saturated carbocycles. The number of rotatable bonds is 6. The zero-order valence-electron chi connectivity index (χ0n) is 34.0. The van der Waals surface area contributed by atoms with E-state index in [2.05, 4.69) is 186 Å². The Morgan fingerprint density at radius 1 is 0.431 bits per heavy atom. The molecule has 0 aliphatic rings. The van der Waals surface area contributed by atoms with Crippen LogP contribution in [0.1, 0.15) is 52.7 Å². The third-order valence-electron chi connectivity index (χ3n) is 11.2. The van der Waals surface area contributed by atoms with Crippen molar-refractivity contribution in [2.24, 2.45) is 0 Å². The molecule has 0 atom stereocenters. The van der Waals surface area contributed by atoms with Crippen LogP contribution in [0.2, 0.25) is 0 Å². The molecule has 0 unspecified atom stereocenters. The number of aromatic nitrogens is 3. The minimum absolute atomic E-state index is 0.0334. The van der Waals surface area contributed by atoms with Crippen molar-refractivity contribution in [3.63, 3.8) is 0 Å². The molecular formula is C54H47N3O. The van der Waals surface area contributed by atoms with Crippen LogP contribution >= 0.6 is 0 Å². The molecule has 0 spiro atoms. The summed E-state index contributed by atoms with van der Waals surface area (Å²) in [5.41, 5.74) is 15.5. The number of aromatic hydroxyl groups is 1. The summed E-state index contributed by atoms with van der Waals surface area (Å²) in [7, 11) is 0. The molecule has 0 amide bonds. The number of nitrogens with zero attached hydrogens (tertiary/aromatic N) is 3. The first-order valence-electron chi connectivity index (χ1n) is 20.0. The van der Waals surface area contributed by atoms with Crippen molar-refractivity contribution >= 4 is 21.8 Å². The number of phenols is 1. The van der Waals surface area contributed by atoms with Crippen LogP contribution < -0.4 is 0 Å². The summed E-state index contributed by atoms with van der Waals surface area (Å²) in [4.78, 5) is 10.1. The topological polar surface area (TPSA) is 50.9 Å². The third kappa shape index (κ3) is 6.96. The fourth-order valence-corrected chi connectivity index (χ4v) is 7.94. The molecule has 0 aliphatic carbocycles. The first kappa shape index (κ1) is 36.8. The van der Waals surface area contributed by atoms with E-state index in [1.165, 1.54) is 32.9 Å². The molecule has 9 rings (SSSR count). The molecule has 1 N–H and O–H groups in total. The molecule has 3 aromatic heterocycles. The number of para-hydroxylation sites is 3. The van der Waals surface area contributed by atoms with Gasteiger partial charge in [-0.3, -0.25) is 4.98 Å². The summed E-state index contributed by atoms with van der Waals surface area (Å²) in [6.07, 6.45) is 1.90. The Labute approximate surface area is 341 Å². The Bertz CT molecular complexity index is 2950. The van der Waals surface area contributed by atoms with Gasteiger partial charge in [0.05, 0.1) is 28.1 Å². The molecule has 284 valence electrons. The lowest BCUT2D eigenvalue weighted by Gasteiger charge is -2.26. The van der Waals surface area contributed by atoms with E-state index in [1.807, 2.05) is 24.4 Å². The predicted octanol–water partition coefficient (Wildman–Crippen LogP) is 14.2. The quantitative estimate of drug-likeness (QED) is 0.184. The highest BCUT2D eigenvalue weighted by Gasteiger charge is 2.22. The van der Waals surface area contributed by atoms with Gasteiger partial charge in [0.1, 0.15) is 5.75 Å². The van der Waals surface area contributed by atoms with Crippen LogP contribution in [0.5, 0.6) is 5.75 Å². The lowest BCUT2D eigenvalue weighted by Crippen LogP contribution is -2.16. The van der Waals surface area contributed by atoms with Gasteiger partial charge in [0.2, 0.25) is 0 Å². The Morgan fingerprint density at radius 2 is 1.03 bits per heavy atom. The summed E-state index contributed by atoms with van der Waals surface area (Å²) in [5.74, 6) is 0.203. The fourth-order valence-electron chi connectivity index (χ4n) is 7.94. The van der Waals surface area contributed by atoms with Crippen LogP contribution in [0.15, 0.2) is 170 Å². The Morgan fingerprint density at radius 3 is 1.78 bits per heavy atom. The number of fused-ring (bicyclic) bond motifs is 3. The lowest BCUT2D eigenvalue weighted by molar-refractivity contribution is 0.477. The van der Waals surface area contributed by atoms with Crippen molar-refractivity contribution in [1.29, 1.82) is 0 Å². The molecule has 0 bridgehead atoms. The van der Waals surface area contributed by atoms with E-state index >= 15 is 0 Å². The van der Waals surface area contributed by atoms with Crippen molar-refractivity contribution in [1.82, 2.24) is 14.5 Å². The first-order chi connectivity index (χ1) is 27.9. The Hall–Kier alpha value is -6.78. The summed E-state index contributed by atoms with van der Waals surface area (Å²) in [5, 5.41) is 13.5. The number of hydrogen-bond acceptors (Lipinski definition) is 3. The number of phenolic OH excluding ortho intramolecular Hbond substituents is 1. The smallest absolute Gasteiger partial charge is 0.124 e. The van der Waals surface area contributed by atoms with Gasteiger partial charge in [-0.2, -0.15) is 0 Å². The summed E-state index contributed by atoms with van der Waals surface area (Å²) < 4.78 is 2.35. The van der Waals surface area contributed by atoms with Gasteiger partial charge >= 0.3 is 0 Å². The predicted molar refractivity (Wildman–Crippen MR) is 243 cm³/mol. The number of hydrogen-bond donors (Lipinski definition) is 1. The lowest BCUT2D eigenvalue weighted by atomic mass is 9.79. The van der Waals surface area contributed by atoms with Crippen LogP contribution in [-0.4, -0.2) is 19.6 Å². The van der Waals surface area contributed by atoms with E-state index in [9.17, 15) is 5.11 Å². The van der Waals surface area contributed by atoms with Gasteiger partial charge in [0, 0.05) is 39.3 Å². The zero-order chi connectivity index (χ0) is 40.2. The third-order valence-corrected chi connectivity index (χ3v) is 11.2. The molecule has 0 aliphatic heterocycles. The second-order valence-corrected chi connectivity index (χ2v) is 17.4. The largest absolute Gasteiger partial charge is 0.507 e. The zero-order valence-corrected chi connectivity index (χ0v) is 34.0. The molecule has 0 radical (unpaired) electrons. The highest BCUT2D eigenvalue weighted by Crippen LogP contribution is 2.39. The maximum atomic E-state index is 11.0. The maximum absolute atomic E-state index is 11.0. The standard InChI is InChI=1S/C54H47N3O/c1-53(2,3)41-28-39(29-42(34-41)54(4,5)6)40-31-48(56-49(32-40)46-20-11-13-22-52(46)58)38-16-14-15-37(27-38)47-30-36(25-26-55-47)35-23-24-45-44-19-10-12-21-50(44)57(51(45)33-35)43-17-8-7-9-18-43/h7-34,58H,1-6H3. The van der Waals surface area contributed by atoms with Crippen LogP contribution in [0.4, 0.5) is 0 Å². The van der Waals surface area contributed by atoms with Gasteiger partial charge < -0.3 is 9.67 Å². The van der Waals surface area contributed by atoms with Gasteiger partial charge in [0.15, 0.2) is 0 Å². The van der Waals surface area contributed by atoms with Crippen LogP contribution in [0.3, 0.4) is 0 Å². The second-order valence-electron chi connectivity index (χ2n) is 17.4. The van der Waals surface area contributed by atoms with Crippen molar-refractivity contribution in [3.8, 4) is 67.5 Å². The van der Waals surface area contributed by atoms with Crippen molar-refractivity contribution in [3.05, 3.63) is 181 Å². The summed E-state index contributed by atoms with van der Waals surface area (Å²) in [6, 6.07) is 57.4. The molecule has 4 nitrogen and oxygen atoms in total. The van der Waals surface area contributed by atoms with Gasteiger partial charge in [-0.05, 0) is 111 Å². The molecule has 58 heavy (non-hydrogen) atoms. The number of pyridine rings is 2. The molecule has 6 aromatic carbocycles. The minimum Gasteiger partial charge on any atom is -0.507 e. The van der Waals surface area contributed by atoms with Crippen LogP contribution in [0, 0.1) is 0 Å². The fraction of sp³-hybridized carbons (Fsp3) is 0.148. The van der Waals surface area contributed by atoms with E-state index in [4.69, 9.17) is 9.97 Å². The van der Waals surface area contributed by atoms with Crippen LogP contribution in [-0.2, 0) is 10.8 Å². The highest BCUT2D eigenvalue weighted by atomic mass is 16.3. The number of benzene rings is 6. The van der Waals surface area contributed by atoms with Gasteiger partial charge in [-0.25, -0.2) is 4.98 Å². The molecule has 0 saturated heterocycles. The van der Waals surface area contributed by atoms with Crippen LogP contribution in [0.25, 0.3) is 83.5 Å². The SMILES string of the molecule is CC(C)(C)c1cc(-c2cc(-c3cccc(-c4cc(-c5ccc6c7ccccc7n(-c7ccccc7)c6c5)ccn4)c3)nc(-c3ccccc3O)c2)cc(C(C)(C)C)c1. The van der Waals surface area contributed by atoms with E-state index in [0.717, 1.165) is 56.1 Å². The van der Waals surface area contributed by atoms with Gasteiger partial charge in [-0.1, -0.05) is 139 Å². The van der Waals surface area contributed by atoms with Crippen molar-refractivity contribution in [2.45, 2.75) is 52.4 Å². The molecule has 9 aromatic rings. The second kappa shape index (κ2) is 14.3. The maximum Gasteiger partial charge on any atom is 0.124 e. The van der Waals surface area contributed by atoms with Crippen molar-refractivity contribution in [2.75, 3.05) is 0 Å². The average Bonchev–Trinajstić information content (AvgIpc) is 3.57. The van der Waals surface area contributed by atoms with E-state index in [0.29, 0.717) is 5.56 Å². The minimum atomic E-state index is -0.0334. The van der Waals surface area contributed by atoms with Gasteiger partial charge in [-0.15, -0.1) is 0 Å². The monoisotopic (exact) mass is 753 g/mol. The van der Waals surface area contributed by atoms with E-state index in [-0.39, 0.29) is 16.6 Å². The molecule has 4 heteroatoms. The normalized spacial score (nSPS) is 12.0. The molecule has 3 heterocycles. The Kier molecular flexibility index (Phi) is 9.09. The Balaban J connectivity index is 1.15. The molecule has 0 fully saturated rings. The average molecular weight is 754 g/mol. The molecular weight excluding hydrogens is 707 g/mol. The van der Waals surface area contributed by atoms with Gasteiger partial charge in [0.25, 0.3) is 0 Å². The highest BCUT2D eigenvalue weighted by molar-refractivity contribution is 6.10.